The number of para-hydroxylation sites is 3. The molecule has 0 fully saturated rings. The fourth-order valence-electron chi connectivity index (χ4n) is 12.2. The fraction of sp³-hybridized carbons (Fsp3) is 0.0149. The van der Waals surface area contributed by atoms with E-state index < -0.39 is 5.41 Å². The van der Waals surface area contributed by atoms with Crippen molar-refractivity contribution in [2.24, 2.45) is 0 Å². The molecule has 3 heteroatoms. The summed E-state index contributed by atoms with van der Waals surface area (Å²) >= 11 is 1.89. The van der Waals surface area contributed by atoms with Gasteiger partial charge >= 0.3 is 0 Å². The van der Waals surface area contributed by atoms with Gasteiger partial charge in [0.2, 0.25) is 0 Å². The molecule has 0 bridgehead atoms. The lowest BCUT2D eigenvalue weighted by molar-refractivity contribution is 0.489. The van der Waals surface area contributed by atoms with Gasteiger partial charge in [-0.25, -0.2) is 0 Å². The molecule has 1 aliphatic heterocycles. The number of nitrogens with zero attached hydrogens (tertiary/aromatic N) is 1. The van der Waals surface area contributed by atoms with Gasteiger partial charge in [-0.05, 0) is 121 Å². The predicted molar refractivity (Wildman–Crippen MR) is 292 cm³/mol. The molecule has 2 nitrogen and oxygen atoms in total. The second-order valence-electron chi connectivity index (χ2n) is 18.6. The molecule has 0 saturated heterocycles. The monoisotopic (exact) mass is 907 g/mol. The zero-order valence-corrected chi connectivity index (χ0v) is 38.8. The molecule has 3 aliphatic rings. The third-order valence-electron chi connectivity index (χ3n) is 15.1. The highest BCUT2D eigenvalue weighted by molar-refractivity contribution is 7.25. The third kappa shape index (κ3) is 5.49. The van der Waals surface area contributed by atoms with Gasteiger partial charge in [-0.2, -0.15) is 0 Å². The molecule has 326 valence electrons. The van der Waals surface area contributed by atoms with E-state index >= 15 is 0 Å². The number of fused-ring (bicyclic) bond motifs is 20. The van der Waals surface area contributed by atoms with E-state index in [0.717, 1.165) is 61.9 Å². The molecular formula is C67H41NOS. The Kier molecular flexibility index (Phi) is 8.48. The number of anilines is 3. The van der Waals surface area contributed by atoms with Gasteiger partial charge in [-0.15, -0.1) is 11.3 Å². The van der Waals surface area contributed by atoms with Gasteiger partial charge in [-0.3, -0.25) is 0 Å². The second kappa shape index (κ2) is 15.1. The summed E-state index contributed by atoms with van der Waals surface area (Å²) in [5, 5.41) is 2.62. The Bertz CT molecular complexity index is 4130. The Morgan fingerprint density at radius 1 is 0.314 bits per heavy atom. The lowest BCUT2D eigenvalue weighted by Gasteiger charge is -2.37. The highest BCUT2D eigenvalue weighted by atomic mass is 32.1. The van der Waals surface area contributed by atoms with Crippen molar-refractivity contribution in [1.29, 1.82) is 0 Å². The number of rotatable bonds is 4. The van der Waals surface area contributed by atoms with Crippen molar-refractivity contribution >= 4 is 48.6 Å². The molecule has 12 aromatic rings. The quantitative estimate of drug-likeness (QED) is 0.174. The van der Waals surface area contributed by atoms with Crippen LogP contribution < -0.4 is 9.64 Å². The van der Waals surface area contributed by atoms with Crippen LogP contribution in [0.15, 0.2) is 249 Å². The topological polar surface area (TPSA) is 12.5 Å². The van der Waals surface area contributed by atoms with E-state index in [2.05, 4.69) is 254 Å². The van der Waals surface area contributed by atoms with E-state index in [4.69, 9.17) is 4.74 Å². The van der Waals surface area contributed by atoms with Crippen LogP contribution in [0.2, 0.25) is 0 Å². The number of hydrogen-bond acceptors (Lipinski definition) is 3. The summed E-state index contributed by atoms with van der Waals surface area (Å²) in [4.78, 5) is 2.46. The molecule has 70 heavy (non-hydrogen) atoms. The van der Waals surface area contributed by atoms with Crippen molar-refractivity contribution < 1.29 is 4.74 Å². The van der Waals surface area contributed by atoms with Crippen LogP contribution >= 0.6 is 11.3 Å². The average molecular weight is 908 g/mol. The molecule has 0 amide bonds. The summed E-state index contributed by atoms with van der Waals surface area (Å²) in [5.74, 6) is 1.64. The molecule has 0 radical (unpaired) electrons. The molecule has 1 atom stereocenters. The summed E-state index contributed by atoms with van der Waals surface area (Å²) < 4.78 is 9.93. The largest absolute Gasteiger partial charge is 0.454 e. The smallest absolute Gasteiger partial charge is 0.159 e. The van der Waals surface area contributed by atoms with E-state index in [1.54, 1.807) is 0 Å². The van der Waals surface area contributed by atoms with E-state index in [1.165, 1.54) is 75.8 Å². The molecule has 0 N–H and O–H groups in total. The van der Waals surface area contributed by atoms with Crippen LogP contribution in [0.3, 0.4) is 0 Å². The Balaban J connectivity index is 1.08. The first kappa shape index (κ1) is 39.3. The molecule has 1 unspecified atom stereocenters. The van der Waals surface area contributed by atoms with Crippen molar-refractivity contribution in [3.8, 4) is 78.3 Å². The van der Waals surface area contributed by atoms with Gasteiger partial charge in [0.1, 0.15) is 5.75 Å². The van der Waals surface area contributed by atoms with Gasteiger partial charge in [0, 0.05) is 42.6 Å². The summed E-state index contributed by atoms with van der Waals surface area (Å²) in [6, 6.07) is 92.0. The van der Waals surface area contributed by atoms with Crippen molar-refractivity contribution in [1.82, 2.24) is 0 Å². The lowest BCUT2D eigenvalue weighted by atomic mass is 9.65. The van der Waals surface area contributed by atoms with Crippen molar-refractivity contribution in [2.45, 2.75) is 5.41 Å². The molecular weight excluding hydrogens is 867 g/mol. The van der Waals surface area contributed by atoms with Gasteiger partial charge in [-0.1, -0.05) is 200 Å². The van der Waals surface area contributed by atoms with E-state index in [-0.39, 0.29) is 0 Å². The van der Waals surface area contributed by atoms with E-state index in [0.29, 0.717) is 0 Å². The Labute approximate surface area is 410 Å². The van der Waals surface area contributed by atoms with Gasteiger partial charge in [0.25, 0.3) is 0 Å². The van der Waals surface area contributed by atoms with Crippen LogP contribution in [0.25, 0.3) is 86.9 Å². The highest BCUT2D eigenvalue weighted by Gasteiger charge is 2.50. The van der Waals surface area contributed by atoms with Crippen LogP contribution in [0.4, 0.5) is 17.1 Å². The normalized spacial score (nSPS) is 14.5. The van der Waals surface area contributed by atoms with Crippen LogP contribution in [0.1, 0.15) is 22.3 Å². The maximum atomic E-state index is 7.32. The summed E-state index contributed by atoms with van der Waals surface area (Å²) in [7, 11) is 0. The molecule has 1 aromatic heterocycles. The first-order valence-electron chi connectivity index (χ1n) is 24.1. The summed E-state index contributed by atoms with van der Waals surface area (Å²) in [6.07, 6.45) is 0. The number of thiophene rings is 1. The minimum atomic E-state index is -0.691. The maximum absolute atomic E-state index is 7.32. The molecule has 15 rings (SSSR count). The van der Waals surface area contributed by atoms with Crippen molar-refractivity contribution in [3.05, 3.63) is 271 Å². The first-order valence-corrected chi connectivity index (χ1v) is 24.9. The number of benzene rings is 11. The third-order valence-corrected chi connectivity index (χ3v) is 16.3. The van der Waals surface area contributed by atoms with Crippen LogP contribution in [-0.2, 0) is 5.41 Å². The van der Waals surface area contributed by atoms with Crippen LogP contribution in [0.5, 0.6) is 11.5 Å². The van der Waals surface area contributed by atoms with Crippen molar-refractivity contribution in [2.75, 3.05) is 4.90 Å². The summed E-state index contributed by atoms with van der Waals surface area (Å²) in [5.41, 5.74) is 21.7. The van der Waals surface area contributed by atoms with E-state index in [1.807, 2.05) is 11.3 Å². The second-order valence-corrected chi connectivity index (χ2v) is 19.7. The van der Waals surface area contributed by atoms with Crippen molar-refractivity contribution in [3.63, 3.8) is 0 Å². The Morgan fingerprint density at radius 2 is 0.843 bits per heavy atom. The summed E-state index contributed by atoms with van der Waals surface area (Å²) in [6.45, 7) is 0. The van der Waals surface area contributed by atoms with Crippen LogP contribution in [-0.4, -0.2) is 0 Å². The van der Waals surface area contributed by atoms with Gasteiger partial charge in [0.15, 0.2) is 5.75 Å². The molecule has 2 heterocycles. The zero-order chi connectivity index (χ0) is 45.9. The fourth-order valence-corrected chi connectivity index (χ4v) is 13.4. The Hall–Kier alpha value is -8.76. The molecule has 2 aliphatic carbocycles. The zero-order valence-electron chi connectivity index (χ0n) is 37.9. The predicted octanol–water partition coefficient (Wildman–Crippen LogP) is 18.6. The number of hydrogen-bond donors (Lipinski definition) is 0. The Morgan fingerprint density at radius 3 is 1.60 bits per heavy atom. The van der Waals surface area contributed by atoms with E-state index in [9.17, 15) is 0 Å². The average Bonchev–Trinajstić information content (AvgIpc) is 3.84. The first-order chi connectivity index (χ1) is 34.7. The number of ether oxygens (including phenoxy) is 1. The molecule has 11 aromatic carbocycles. The maximum Gasteiger partial charge on any atom is 0.159 e. The standard InChI is InChI=1S/C67H41NOS/c1-2-19-42(20-3-1)44-21-10-15-33-61(44)68(62-34-18-30-54-48-25-7-6-24-47(48)52-28-11-16-35-63(52)69-66(54)62)43-37-38-51-46-23-5-4-22-45(46)49-26-8-13-31-57(49)67(59(51)39-43)58-32-14-9-27-50(58)55-40-56-53-29-12-17-36-64(53)70-65(56)41-60(55)67/h1-41H. The SMILES string of the molecule is c1ccc(-c2ccccc2N(c2ccc3c(c2)C2(c4ccccc4-c4ccccc4-3)c3ccccc3-c3cc4c(cc32)sc2ccccc24)c2cccc3c2Oc2ccccc2-c2ccccc2-3)cc1. The van der Waals surface area contributed by atoms with Gasteiger partial charge < -0.3 is 9.64 Å². The molecule has 0 saturated carbocycles. The highest BCUT2D eigenvalue weighted by Crippen LogP contribution is 2.63. The lowest BCUT2D eigenvalue weighted by Crippen LogP contribution is -2.29. The van der Waals surface area contributed by atoms with Gasteiger partial charge in [0.05, 0.1) is 16.8 Å². The minimum Gasteiger partial charge on any atom is -0.454 e. The molecule has 1 spiro atoms. The van der Waals surface area contributed by atoms with Crippen LogP contribution in [0, 0.1) is 0 Å². The minimum absolute atomic E-state index is 0.691.